The third kappa shape index (κ3) is 4.41. The van der Waals surface area contributed by atoms with Crippen molar-refractivity contribution in [1.29, 1.82) is 0 Å². The van der Waals surface area contributed by atoms with Crippen LogP contribution >= 0.6 is 0 Å². The molecule has 0 unspecified atom stereocenters. The van der Waals surface area contributed by atoms with Crippen molar-refractivity contribution in [3.63, 3.8) is 0 Å². The van der Waals surface area contributed by atoms with E-state index in [1.54, 1.807) is 13.2 Å². The van der Waals surface area contributed by atoms with Crippen LogP contribution in [0.4, 0.5) is 10.5 Å². The third-order valence-electron chi connectivity index (χ3n) is 4.63. The summed E-state index contributed by atoms with van der Waals surface area (Å²) in [5.41, 5.74) is 2.17. The largest absolute Gasteiger partial charge is 0.473 e. The van der Waals surface area contributed by atoms with E-state index in [2.05, 4.69) is 9.88 Å². The maximum absolute atomic E-state index is 11.1. The van der Waals surface area contributed by atoms with Gasteiger partial charge in [0, 0.05) is 44.1 Å². The van der Waals surface area contributed by atoms with Gasteiger partial charge in [-0.2, -0.15) is 0 Å². The van der Waals surface area contributed by atoms with Gasteiger partial charge in [0.15, 0.2) is 0 Å². The maximum Gasteiger partial charge on any atom is 0.407 e. The predicted octanol–water partition coefficient (Wildman–Crippen LogP) is 3.24. The molecule has 0 atom stereocenters. The van der Waals surface area contributed by atoms with Crippen molar-refractivity contribution in [2.45, 2.75) is 25.5 Å². The number of benzene rings is 1. The highest BCUT2D eigenvalue weighted by Gasteiger charge is 2.25. The fourth-order valence-electron chi connectivity index (χ4n) is 3.07. The first-order valence-electron chi connectivity index (χ1n) is 8.47. The number of ether oxygens (including phenoxy) is 1. The Bertz CT molecular complexity index is 700. The highest BCUT2D eigenvalue weighted by atomic mass is 16.5. The van der Waals surface area contributed by atoms with Gasteiger partial charge in [-0.3, -0.25) is 0 Å². The number of carboxylic acid groups (broad SMARTS) is 1. The fraction of sp³-hybridized carbons (Fsp3) is 0.368. The SMILES string of the molecule is CN(C(=O)O)C1CCN(c2ccnc(OCc3ccccc3)c2)CC1. The summed E-state index contributed by atoms with van der Waals surface area (Å²) >= 11 is 0. The molecule has 132 valence electrons. The second-order valence-corrected chi connectivity index (χ2v) is 6.24. The molecule has 0 spiro atoms. The van der Waals surface area contributed by atoms with Gasteiger partial charge in [-0.1, -0.05) is 30.3 Å². The van der Waals surface area contributed by atoms with E-state index in [1.807, 2.05) is 42.5 Å². The summed E-state index contributed by atoms with van der Waals surface area (Å²) in [6, 6.07) is 14.0. The summed E-state index contributed by atoms with van der Waals surface area (Å²) in [6.07, 6.45) is 2.54. The summed E-state index contributed by atoms with van der Waals surface area (Å²) in [5, 5.41) is 9.09. The molecule has 1 amide bonds. The van der Waals surface area contributed by atoms with Crippen LogP contribution in [0.15, 0.2) is 48.7 Å². The quantitative estimate of drug-likeness (QED) is 0.904. The molecule has 0 saturated carbocycles. The van der Waals surface area contributed by atoms with Crippen molar-refractivity contribution >= 4 is 11.8 Å². The Morgan fingerprint density at radius 3 is 2.68 bits per heavy atom. The van der Waals surface area contributed by atoms with E-state index < -0.39 is 6.09 Å². The predicted molar refractivity (Wildman–Crippen MR) is 96.0 cm³/mol. The van der Waals surface area contributed by atoms with Crippen molar-refractivity contribution in [2.75, 3.05) is 25.0 Å². The molecule has 1 aromatic heterocycles. The van der Waals surface area contributed by atoms with Crippen LogP contribution in [0, 0.1) is 0 Å². The fourth-order valence-corrected chi connectivity index (χ4v) is 3.07. The Kier molecular flexibility index (Phi) is 5.38. The lowest BCUT2D eigenvalue weighted by Gasteiger charge is -2.36. The van der Waals surface area contributed by atoms with Gasteiger partial charge in [0.05, 0.1) is 0 Å². The summed E-state index contributed by atoms with van der Waals surface area (Å²) in [4.78, 5) is 19.0. The van der Waals surface area contributed by atoms with Crippen LogP contribution < -0.4 is 9.64 Å². The van der Waals surface area contributed by atoms with Gasteiger partial charge >= 0.3 is 6.09 Å². The van der Waals surface area contributed by atoms with Crippen LogP contribution in [0.2, 0.25) is 0 Å². The minimum Gasteiger partial charge on any atom is -0.473 e. The molecule has 1 fully saturated rings. The minimum atomic E-state index is -0.862. The van der Waals surface area contributed by atoms with E-state index in [-0.39, 0.29) is 6.04 Å². The molecular formula is C19H23N3O3. The molecule has 25 heavy (non-hydrogen) atoms. The van der Waals surface area contributed by atoms with Gasteiger partial charge in [0.2, 0.25) is 5.88 Å². The molecule has 2 heterocycles. The molecule has 1 aromatic carbocycles. The van der Waals surface area contributed by atoms with E-state index in [9.17, 15) is 4.79 Å². The van der Waals surface area contributed by atoms with Crippen molar-refractivity contribution in [3.05, 3.63) is 54.2 Å². The lowest BCUT2D eigenvalue weighted by Crippen LogP contribution is -2.45. The highest BCUT2D eigenvalue weighted by Crippen LogP contribution is 2.24. The Morgan fingerprint density at radius 2 is 2.00 bits per heavy atom. The molecule has 1 aliphatic rings. The Balaban J connectivity index is 1.58. The summed E-state index contributed by atoms with van der Waals surface area (Å²) < 4.78 is 5.79. The molecular weight excluding hydrogens is 318 g/mol. The van der Waals surface area contributed by atoms with Crippen molar-refractivity contribution in [1.82, 2.24) is 9.88 Å². The van der Waals surface area contributed by atoms with Crippen LogP contribution in [-0.4, -0.2) is 47.3 Å². The van der Waals surface area contributed by atoms with Gasteiger partial charge in [-0.05, 0) is 24.5 Å². The number of nitrogens with zero attached hydrogens (tertiary/aromatic N) is 3. The van der Waals surface area contributed by atoms with Crippen LogP contribution in [0.25, 0.3) is 0 Å². The van der Waals surface area contributed by atoms with Gasteiger partial charge < -0.3 is 19.6 Å². The summed E-state index contributed by atoms with van der Waals surface area (Å²) in [6.45, 7) is 2.14. The second-order valence-electron chi connectivity index (χ2n) is 6.24. The highest BCUT2D eigenvalue weighted by molar-refractivity contribution is 5.65. The number of pyridine rings is 1. The van der Waals surface area contributed by atoms with Crippen molar-refractivity contribution in [3.8, 4) is 5.88 Å². The topological polar surface area (TPSA) is 65.9 Å². The molecule has 1 N–H and O–H groups in total. The number of piperidine rings is 1. The monoisotopic (exact) mass is 341 g/mol. The first-order valence-corrected chi connectivity index (χ1v) is 8.47. The van der Waals surface area contributed by atoms with Gasteiger partial charge in [-0.25, -0.2) is 9.78 Å². The first kappa shape index (κ1) is 17.1. The molecule has 6 nitrogen and oxygen atoms in total. The van der Waals surface area contributed by atoms with E-state index in [4.69, 9.17) is 9.84 Å². The summed E-state index contributed by atoms with van der Waals surface area (Å²) in [7, 11) is 1.64. The van der Waals surface area contributed by atoms with E-state index in [0.717, 1.165) is 37.2 Å². The molecule has 3 rings (SSSR count). The number of aromatic nitrogens is 1. The molecule has 1 aliphatic heterocycles. The number of carbonyl (C=O) groups is 1. The molecule has 6 heteroatoms. The number of anilines is 1. The van der Waals surface area contributed by atoms with Crippen LogP contribution in [0.1, 0.15) is 18.4 Å². The normalized spacial score (nSPS) is 15.0. The molecule has 0 radical (unpaired) electrons. The first-order chi connectivity index (χ1) is 12.1. The Morgan fingerprint density at radius 1 is 1.28 bits per heavy atom. The smallest absolute Gasteiger partial charge is 0.407 e. The zero-order valence-electron chi connectivity index (χ0n) is 14.3. The van der Waals surface area contributed by atoms with Crippen molar-refractivity contribution < 1.29 is 14.6 Å². The number of hydrogen-bond acceptors (Lipinski definition) is 4. The average molecular weight is 341 g/mol. The van der Waals surface area contributed by atoms with Gasteiger partial charge in [0.1, 0.15) is 6.61 Å². The van der Waals surface area contributed by atoms with Crippen LogP contribution in [-0.2, 0) is 6.61 Å². The van der Waals surface area contributed by atoms with Crippen molar-refractivity contribution in [2.24, 2.45) is 0 Å². The van der Waals surface area contributed by atoms with Gasteiger partial charge in [-0.15, -0.1) is 0 Å². The number of amides is 1. The second kappa shape index (κ2) is 7.88. The van der Waals surface area contributed by atoms with E-state index >= 15 is 0 Å². The zero-order valence-corrected chi connectivity index (χ0v) is 14.3. The molecule has 0 aliphatic carbocycles. The maximum atomic E-state index is 11.1. The number of rotatable bonds is 5. The Hall–Kier alpha value is -2.76. The van der Waals surface area contributed by atoms with Gasteiger partial charge in [0.25, 0.3) is 0 Å². The lowest BCUT2D eigenvalue weighted by atomic mass is 10.0. The standard InChI is InChI=1S/C19H23N3O3/c1-21(19(23)24)16-8-11-22(12-9-16)17-7-10-20-18(13-17)25-14-15-5-3-2-4-6-15/h2-7,10,13,16H,8-9,11-12,14H2,1H3,(H,23,24). The molecule has 2 aromatic rings. The van der Waals surface area contributed by atoms with Crippen LogP contribution in [0.3, 0.4) is 0 Å². The molecule has 0 bridgehead atoms. The summed E-state index contributed by atoms with van der Waals surface area (Å²) in [5.74, 6) is 0.603. The Labute approximate surface area is 147 Å². The average Bonchev–Trinajstić information content (AvgIpc) is 2.67. The zero-order chi connectivity index (χ0) is 17.6. The minimum absolute atomic E-state index is 0.0874. The molecule has 1 saturated heterocycles. The van der Waals surface area contributed by atoms with Crippen LogP contribution in [0.5, 0.6) is 5.88 Å². The van der Waals surface area contributed by atoms with E-state index in [1.165, 1.54) is 4.90 Å². The van der Waals surface area contributed by atoms with E-state index in [0.29, 0.717) is 12.5 Å². The third-order valence-corrected chi connectivity index (χ3v) is 4.63. The number of hydrogen-bond donors (Lipinski definition) is 1. The lowest BCUT2D eigenvalue weighted by molar-refractivity contribution is 0.131.